The number of rotatable bonds is 6. The Hall–Kier alpha value is -1.87. The van der Waals surface area contributed by atoms with E-state index in [-0.39, 0.29) is 37.6 Å². The van der Waals surface area contributed by atoms with Crippen molar-refractivity contribution < 1.29 is 27.6 Å². The van der Waals surface area contributed by atoms with E-state index in [0.29, 0.717) is 16.9 Å². The van der Waals surface area contributed by atoms with Crippen LogP contribution in [0.25, 0.3) is 0 Å². The van der Waals surface area contributed by atoms with Crippen LogP contribution < -0.4 is 4.74 Å². The molecule has 0 fully saturated rings. The van der Waals surface area contributed by atoms with Crippen LogP contribution in [0, 0.1) is 16.0 Å². The standard InChI is InChI=1S/C16H21F3N2O4/c1-10(2)11(3)20(8-16(17,18)19)6-12-4-14(21(22)23)5-13-7-24-9-25-15(12)13/h4-5,10-11H,6-9H2,1-3H3/t11-/m1/s1. The number of hydrogen-bond acceptors (Lipinski definition) is 5. The summed E-state index contributed by atoms with van der Waals surface area (Å²) in [6, 6.07) is 2.25. The number of ether oxygens (including phenoxy) is 2. The Bertz CT molecular complexity index is 635. The normalized spacial score (nSPS) is 15.8. The molecule has 25 heavy (non-hydrogen) atoms. The third-order valence-electron chi connectivity index (χ3n) is 4.28. The van der Waals surface area contributed by atoms with Gasteiger partial charge in [0.2, 0.25) is 0 Å². The molecule has 1 aliphatic heterocycles. The van der Waals surface area contributed by atoms with Gasteiger partial charge < -0.3 is 9.47 Å². The van der Waals surface area contributed by atoms with Gasteiger partial charge in [-0.25, -0.2) is 0 Å². The SMILES string of the molecule is CC(C)[C@@H](C)N(Cc1cc([N+](=O)[O-])cc2c1OCOC2)CC(F)(F)F. The number of alkyl halides is 3. The number of non-ortho nitro benzene ring substituents is 1. The minimum atomic E-state index is -4.37. The van der Waals surface area contributed by atoms with Gasteiger partial charge in [-0.15, -0.1) is 0 Å². The zero-order valence-electron chi connectivity index (χ0n) is 14.3. The zero-order valence-corrected chi connectivity index (χ0v) is 14.3. The Balaban J connectivity index is 2.39. The van der Waals surface area contributed by atoms with Crippen molar-refractivity contribution in [3.63, 3.8) is 0 Å². The minimum absolute atomic E-state index is 0.0128. The van der Waals surface area contributed by atoms with Gasteiger partial charge in [0.05, 0.1) is 18.1 Å². The molecule has 1 aromatic carbocycles. The summed E-state index contributed by atoms with van der Waals surface area (Å²) in [5.74, 6) is 0.362. The smallest absolute Gasteiger partial charge is 0.401 e. The predicted molar refractivity (Wildman–Crippen MR) is 84.1 cm³/mol. The van der Waals surface area contributed by atoms with E-state index >= 15 is 0 Å². The van der Waals surface area contributed by atoms with E-state index in [4.69, 9.17) is 9.47 Å². The second-order valence-electron chi connectivity index (χ2n) is 6.47. The first-order chi connectivity index (χ1) is 11.6. The highest BCUT2D eigenvalue weighted by molar-refractivity contribution is 5.50. The molecule has 0 N–H and O–H groups in total. The lowest BCUT2D eigenvalue weighted by Crippen LogP contribution is -2.42. The van der Waals surface area contributed by atoms with E-state index in [2.05, 4.69) is 0 Å². The molecule has 0 bridgehead atoms. The Labute approximate surface area is 143 Å². The average Bonchev–Trinajstić information content (AvgIpc) is 2.51. The minimum Gasteiger partial charge on any atom is -0.467 e. The Morgan fingerprint density at radius 1 is 1.32 bits per heavy atom. The number of halogens is 3. The number of benzene rings is 1. The molecule has 0 radical (unpaired) electrons. The zero-order chi connectivity index (χ0) is 18.8. The molecular weight excluding hydrogens is 341 g/mol. The second kappa shape index (κ2) is 7.57. The molecule has 2 rings (SSSR count). The third-order valence-corrected chi connectivity index (χ3v) is 4.28. The molecule has 9 heteroatoms. The van der Waals surface area contributed by atoms with Crippen LogP contribution in [-0.2, 0) is 17.9 Å². The number of nitro groups is 1. The molecule has 0 aliphatic carbocycles. The Morgan fingerprint density at radius 2 is 2.00 bits per heavy atom. The van der Waals surface area contributed by atoms with Crippen LogP contribution in [0.3, 0.4) is 0 Å². The van der Waals surface area contributed by atoms with Crippen molar-refractivity contribution in [3.05, 3.63) is 33.4 Å². The lowest BCUT2D eigenvalue weighted by molar-refractivity contribution is -0.385. The van der Waals surface area contributed by atoms with Crippen LogP contribution in [-0.4, -0.2) is 35.4 Å². The molecule has 6 nitrogen and oxygen atoms in total. The molecule has 1 aromatic rings. The Morgan fingerprint density at radius 3 is 2.56 bits per heavy atom. The summed E-state index contributed by atoms with van der Waals surface area (Å²) in [6.07, 6.45) is -4.37. The summed E-state index contributed by atoms with van der Waals surface area (Å²) in [7, 11) is 0. The highest BCUT2D eigenvalue weighted by atomic mass is 19.4. The van der Waals surface area contributed by atoms with E-state index in [1.54, 1.807) is 6.92 Å². The van der Waals surface area contributed by atoms with Crippen molar-refractivity contribution in [2.24, 2.45) is 5.92 Å². The number of hydrogen-bond donors (Lipinski definition) is 0. The van der Waals surface area contributed by atoms with E-state index < -0.39 is 17.6 Å². The Kier molecular flexibility index (Phi) is 5.89. The second-order valence-corrected chi connectivity index (χ2v) is 6.47. The molecule has 0 unspecified atom stereocenters. The molecule has 1 aliphatic rings. The molecule has 1 heterocycles. The fraction of sp³-hybridized carbons (Fsp3) is 0.625. The van der Waals surface area contributed by atoms with Gasteiger partial charge in [0.15, 0.2) is 6.79 Å². The highest BCUT2D eigenvalue weighted by Crippen LogP contribution is 2.34. The van der Waals surface area contributed by atoms with Crippen molar-refractivity contribution in [3.8, 4) is 5.75 Å². The molecular formula is C16H21F3N2O4. The van der Waals surface area contributed by atoms with Crippen molar-refractivity contribution in [2.75, 3.05) is 13.3 Å². The maximum absolute atomic E-state index is 13.0. The van der Waals surface area contributed by atoms with Crippen LogP contribution in [0.1, 0.15) is 31.9 Å². The first kappa shape index (κ1) is 19.5. The molecule has 0 amide bonds. The summed E-state index contributed by atoms with van der Waals surface area (Å²) in [5.41, 5.74) is 0.649. The number of fused-ring (bicyclic) bond motifs is 1. The van der Waals surface area contributed by atoms with E-state index in [1.807, 2.05) is 13.8 Å². The fourth-order valence-corrected chi connectivity index (χ4v) is 2.72. The lowest BCUT2D eigenvalue weighted by atomic mass is 10.0. The van der Waals surface area contributed by atoms with Gasteiger partial charge in [-0.05, 0) is 12.8 Å². The first-order valence-electron chi connectivity index (χ1n) is 7.90. The fourth-order valence-electron chi connectivity index (χ4n) is 2.72. The number of nitrogens with zero attached hydrogens (tertiary/aromatic N) is 2. The molecule has 0 aromatic heterocycles. The predicted octanol–water partition coefficient (Wildman–Crippen LogP) is 3.87. The molecule has 140 valence electrons. The summed E-state index contributed by atoms with van der Waals surface area (Å²) in [4.78, 5) is 11.8. The molecule has 0 saturated heterocycles. The van der Waals surface area contributed by atoms with Gasteiger partial charge in [-0.3, -0.25) is 15.0 Å². The van der Waals surface area contributed by atoms with E-state index in [9.17, 15) is 23.3 Å². The molecule has 0 saturated carbocycles. The van der Waals surface area contributed by atoms with Crippen molar-refractivity contribution in [1.29, 1.82) is 0 Å². The van der Waals surface area contributed by atoms with E-state index in [0.717, 1.165) is 0 Å². The van der Waals surface area contributed by atoms with Gasteiger partial charge >= 0.3 is 6.18 Å². The van der Waals surface area contributed by atoms with Gasteiger partial charge in [-0.2, -0.15) is 13.2 Å². The van der Waals surface area contributed by atoms with Crippen molar-refractivity contribution in [1.82, 2.24) is 4.90 Å². The van der Waals surface area contributed by atoms with Gasteiger partial charge in [0.1, 0.15) is 5.75 Å². The average molecular weight is 362 g/mol. The maximum Gasteiger partial charge on any atom is 0.401 e. The topological polar surface area (TPSA) is 64.8 Å². The number of nitro benzene ring substituents is 1. The monoisotopic (exact) mass is 362 g/mol. The quantitative estimate of drug-likeness (QED) is 0.568. The van der Waals surface area contributed by atoms with Gasteiger partial charge in [0.25, 0.3) is 5.69 Å². The first-order valence-corrected chi connectivity index (χ1v) is 7.90. The summed E-state index contributed by atoms with van der Waals surface area (Å²) in [6.45, 7) is 4.29. The summed E-state index contributed by atoms with van der Waals surface area (Å²) in [5, 5.41) is 11.1. The largest absolute Gasteiger partial charge is 0.467 e. The lowest BCUT2D eigenvalue weighted by Gasteiger charge is -2.33. The highest BCUT2D eigenvalue weighted by Gasteiger charge is 2.34. The third kappa shape index (κ3) is 5.05. The van der Waals surface area contributed by atoms with Crippen LogP contribution in [0.15, 0.2) is 12.1 Å². The van der Waals surface area contributed by atoms with Crippen LogP contribution in [0.2, 0.25) is 0 Å². The summed E-state index contributed by atoms with van der Waals surface area (Å²) >= 11 is 0. The summed E-state index contributed by atoms with van der Waals surface area (Å²) < 4.78 is 49.5. The maximum atomic E-state index is 13.0. The molecule has 1 atom stereocenters. The molecule has 0 spiro atoms. The van der Waals surface area contributed by atoms with E-state index in [1.165, 1.54) is 17.0 Å². The van der Waals surface area contributed by atoms with Crippen LogP contribution in [0.5, 0.6) is 5.75 Å². The van der Waals surface area contributed by atoms with Crippen LogP contribution >= 0.6 is 0 Å². The van der Waals surface area contributed by atoms with Gasteiger partial charge in [-0.1, -0.05) is 13.8 Å². The van der Waals surface area contributed by atoms with Crippen molar-refractivity contribution >= 4 is 5.69 Å². The van der Waals surface area contributed by atoms with Gasteiger partial charge in [0, 0.05) is 35.8 Å². The van der Waals surface area contributed by atoms with Crippen LogP contribution in [0.4, 0.5) is 18.9 Å². The van der Waals surface area contributed by atoms with Crippen molar-refractivity contribution in [2.45, 2.75) is 46.1 Å².